The molecule has 0 aromatic heterocycles. The van der Waals surface area contributed by atoms with Crippen molar-refractivity contribution in [3.63, 3.8) is 0 Å². The van der Waals surface area contributed by atoms with Crippen molar-refractivity contribution in [3.05, 3.63) is 42.5 Å². The average Bonchev–Trinajstić information content (AvgIpc) is 2.79. The van der Waals surface area contributed by atoms with E-state index in [0.717, 1.165) is 24.3 Å². The quantitative estimate of drug-likeness (QED) is 0.514. The highest BCUT2D eigenvalue weighted by Gasteiger charge is 2.33. The maximum atomic E-state index is 12.5. The summed E-state index contributed by atoms with van der Waals surface area (Å²) in [4.78, 5) is 16.1. The number of amides is 1. The minimum absolute atomic E-state index is 0.143. The first-order chi connectivity index (χ1) is 10.6. The second-order valence-corrected chi connectivity index (χ2v) is 5.16. The first-order valence-corrected chi connectivity index (χ1v) is 7.69. The number of carbonyl (C=O) groups excluding carboxylic acids is 1. The number of fused-ring (bicyclic) bond motifs is 1. The van der Waals surface area contributed by atoms with Crippen molar-refractivity contribution in [2.45, 2.75) is 13.8 Å². The molecule has 0 aliphatic carbocycles. The van der Waals surface area contributed by atoms with Crippen molar-refractivity contribution in [1.82, 2.24) is 10.3 Å². The maximum Gasteiger partial charge on any atom is 0.279 e. The van der Waals surface area contributed by atoms with Crippen molar-refractivity contribution < 1.29 is 4.79 Å². The van der Waals surface area contributed by atoms with Gasteiger partial charge in [-0.15, -0.1) is 6.58 Å². The summed E-state index contributed by atoms with van der Waals surface area (Å²) in [5.41, 5.74) is 4.87. The van der Waals surface area contributed by atoms with Gasteiger partial charge in [0.1, 0.15) is 0 Å². The van der Waals surface area contributed by atoms with Crippen molar-refractivity contribution in [1.29, 1.82) is 0 Å². The molecule has 1 heterocycles. The molecule has 116 valence electrons. The molecule has 6 heteroatoms. The topological polar surface area (TPSA) is 47.9 Å². The Hall–Kier alpha value is -2.21. The molecule has 1 amide bonds. The fourth-order valence-electron chi connectivity index (χ4n) is 2.37. The number of hydrogen-bond acceptors (Lipinski definition) is 3. The molecule has 1 aliphatic rings. The maximum absolute atomic E-state index is 12.5. The van der Waals surface area contributed by atoms with Gasteiger partial charge in [-0.05, 0) is 32.1 Å². The molecule has 0 saturated heterocycles. The number of para-hydroxylation sites is 1. The molecule has 5 nitrogen and oxygen atoms in total. The zero-order valence-electron chi connectivity index (χ0n) is 12.9. The lowest BCUT2D eigenvalue weighted by Gasteiger charge is -2.20. The average molecular weight is 316 g/mol. The Morgan fingerprint density at radius 1 is 1.41 bits per heavy atom. The number of anilines is 1. The Bertz CT molecular complexity index is 622. The van der Waals surface area contributed by atoms with Crippen LogP contribution >= 0.6 is 12.2 Å². The van der Waals surface area contributed by atoms with Crippen molar-refractivity contribution in [2.24, 2.45) is 5.10 Å². The van der Waals surface area contributed by atoms with E-state index in [1.807, 2.05) is 43.0 Å². The largest absolute Gasteiger partial charge is 0.348 e. The SMILES string of the molecule is C=CCN1C(=O)C(=NNC(=S)N(CC)CC)c2ccccc21. The summed E-state index contributed by atoms with van der Waals surface area (Å²) in [5, 5.41) is 4.77. The van der Waals surface area contributed by atoms with Crippen LogP contribution in [-0.2, 0) is 4.79 Å². The lowest BCUT2D eigenvalue weighted by molar-refractivity contribution is -0.112. The minimum Gasteiger partial charge on any atom is -0.348 e. The van der Waals surface area contributed by atoms with Gasteiger partial charge in [-0.3, -0.25) is 10.2 Å². The molecule has 0 saturated carbocycles. The molecule has 0 radical (unpaired) electrons. The fourth-order valence-corrected chi connectivity index (χ4v) is 2.67. The van der Waals surface area contributed by atoms with E-state index >= 15 is 0 Å². The molecule has 2 rings (SSSR count). The van der Waals surface area contributed by atoms with Crippen LogP contribution in [0.5, 0.6) is 0 Å². The Morgan fingerprint density at radius 3 is 2.73 bits per heavy atom. The number of rotatable bonds is 5. The highest BCUT2D eigenvalue weighted by atomic mass is 32.1. The molecule has 1 aromatic carbocycles. The van der Waals surface area contributed by atoms with Crippen LogP contribution < -0.4 is 10.3 Å². The monoisotopic (exact) mass is 316 g/mol. The van der Waals surface area contributed by atoms with Crippen LogP contribution in [0, 0.1) is 0 Å². The molecule has 22 heavy (non-hydrogen) atoms. The summed E-state index contributed by atoms with van der Waals surface area (Å²) in [6.07, 6.45) is 1.70. The lowest BCUT2D eigenvalue weighted by Crippen LogP contribution is -2.38. The van der Waals surface area contributed by atoms with Crippen molar-refractivity contribution in [3.8, 4) is 0 Å². The molecular formula is C16H20N4OS. The van der Waals surface area contributed by atoms with Gasteiger partial charge in [0, 0.05) is 25.2 Å². The third kappa shape index (κ3) is 3.01. The van der Waals surface area contributed by atoms with Gasteiger partial charge in [-0.2, -0.15) is 5.10 Å². The highest BCUT2D eigenvalue weighted by molar-refractivity contribution is 7.80. The van der Waals surface area contributed by atoms with Gasteiger partial charge >= 0.3 is 0 Å². The zero-order chi connectivity index (χ0) is 16.1. The van der Waals surface area contributed by atoms with Crippen LogP contribution in [0.15, 0.2) is 42.0 Å². The fraction of sp³-hybridized carbons (Fsp3) is 0.312. The molecule has 0 spiro atoms. The Morgan fingerprint density at radius 2 is 2.09 bits per heavy atom. The number of thiocarbonyl (C=S) groups is 1. The number of nitrogens with one attached hydrogen (secondary N) is 1. The van der Waals surface area contributed by atoms with Crippen LogP contribution in [0.25, 0.3) is 0 Å². The smallest absolute Gasteiger partial charge is 0.279 e. The van der Waals surface area contributed by atoms with Crippen LogP contribution in [0.2, 0.25) is 0 Å². The van der Waals surface area contributed by atoms with Crippen LogP contribution in [0.3, 0.4) is 0 Å². The predicted octanol–water partition coefficient (Wildman–Crippen LogP) is 2.14. The first kappa shape index (κ1) is 16.2. The second-order valence-electron chi connectivity index (χ2n) is 4.77. The molecule has 0 bridgehead atoms. The van der Waals surface area contributed by atoms with E-state index in [4.69, 9.17) is 12.2 Å². The van der Waals surface area contributed by atoms with Gasteiger partial charge in [0.05, 0.1) is 5.69 Å². The van der Waals surface area contributed by atoms with Crippen LogP contribution in [0.1, 0.15) is 19.4 Å². The zero-order valence-corrected chi connectivity index (χ0v) is 13.7. The summed E-state index contributed by atoms with van der Waals surface area (Å²) in [6.45, 7) is 9.78. The van der Waals surface area contributed by atoms with Crippen molar-refractivity contribution in [2.75, 3.05) is 24.5 Å². The van der Waals surface area contributed by atoms with Gasteiger partial charge in [0.15, 0.2) is 10.8 Å². The molecule has 1 N–H and O–H groups in total. The van der Waals surface area contributed by atoms with Gasteiger partial charge in [-0.1, -0.05) is 24.3 Å². The Labute approximate surface area is 136 Å². The van der Waals surface area contributed by atoms with E-state index < -0.39 is 0 Å². The third-order valence-electron chi connectivity index (χ3n) is 3.52. The van der Waals surface area contributed by atoms with Gasteiger partial charge in [0.2, 0.25) is 0 Å². The normalized spacial score (nSPS) is 14.9. The van der Waals surface area contributed by atoms with Crippen LogP contribution in [0.4, 0.5) is 5.69 Å². The van der Waals surface area contributed by atoms with Crippen LogP contribution in [-0.4, -0.2) is 41.3 Å². The molecule has 1 aromatic rings. The predicted molar refractivity (Wildman–Crippen MR) is 94.2 cm³/mol. The van der Waals surface area contributed by atoms with E-state index in [2.05, 4.69) is 17.1 Å². The number of hydrazone groups is 1. The van der Waals surface area contributed by atoms with Gasteiger partial charge < -0.3 is 9.80 Å². The second kappa shape index (κ2) is 7.17. The molecule has 0 fully saturated rings. The van der Waals surface area contributed by atoms with Crippen molar-refractivity contribution >= 4 is 34.6 Å². The van der Waals surface area contributed by atoms with E-state index in [1.54, 1.807) is 11.0 Å². The minimum atomic E-state index is -0.143. The summed E-state index contributed by atoms with van der Waals surface area (Å²) < 4.78 is 0. The number of hydrogen-bond donors (Lipinski definition) is 1. The van der Waals surface area contributed by atoms with E-state index in [9.17, 15) is 4.79 Å². The molecular weight excluding hydrogens is 296 g/mol. The van der Waals surface area contributed by atoms with Gasteiger partial charge in [-0.25, -0.2) is 0 Å². The summed E-state index contributed by atoms with van der Waals surface area (Å²) >= 11 is 5.29. The third-order valence-corrected chi connectivity index (χ3v) is 3.87. The number of nitrogens with zero attached hydrogens (tertiary/aromatic N) is 3. The first-order valence-electron chi connectivity index (χ1n) is 7.28. The van der Waals surface area contributed by atoms with E-state index in [-0.39, 0.29) is 5.91 Å². The standard InChI is InChI=1S/C16H20N4OS/c1-4-11-20-13-10-8-7-9-12(13)14(15(20)21)17-18-16(22)19(5-2)6-3/h4,7-10H,1,5-6,11H2,2-3H3,(H,18,22). The van der Waals surface area contributed by atoms with E-state index in [1.165, 1.54) is 0 Å². The summed E-state index contributed by atoms with van der Waals surface area (Å²) in [5.74, 6) is -0.143. The number of carbonyl (C=O) groups is 1. The lowest BCUT2D eigenvalue weighted by atomic mass is 10.1. The highest BCUT2D eigenvalue weighted by Crippen LogP contribution is 2.28. The molecule has 0 atom stereocenters. The molecule has 0 unspecified atom stereocenters. The molecule has 1 aliphatic heterocycles. The van der Waals surface area contributed by atoms with E-state index in [0.29, 0.717) is 17.4 Å². The summed E-state index contributed by atoms with van der Waals surface area (Å²) in [6, 6.07) is 7.58. The summed E-state index contributed by atoms with van der Waals surface area (Å²) in [7, 11) is 0. The number of benzene rings is 1. The Kier molecular flexibility index (Phi) is 5.27. The Balaban J connectivity index is 2.27. The van der Waals surface area contributed by atoms with Gasteiger partial charge in [0.25, 0.3) is 5.91 Å².